The van der Waals surface area contributed by atoms with E-state index >= 15 is 0 Å². The molecule has 5 nitrogen and oxygen atoms in total. The van der Waals surface area contributed by atoms with Crippen molar-refractivity contribution < 1.29 is 4.21 Å². The molecule has 0 radical (unpaired) electrons. The first-order chi connectivity index (χ1) is 9.95. The van der Waals surface area contributed by atoms with Crippen LogP contribution in [0.2, 0.25) is 0 Å². The minimum Gasteiger partial charge on any atom is -0.382 e. The highest BCUT2D eigenvalue weighted by atomic mass is 32.2. The fourth-order valence-corrected chi connectivity index (χ4v) is 3.16. The van der Waals surface area contributed by atoms with Gasteiger partial charge in [0, 0.05) is 41.5 Å². The maximum atomic E-state index is 11.3. The average Bonchev–Trinajstić information content (AvgIpc) is 2.76. The molecule has 6 heteroatoms. The van der Waals surface area contributed by atoms with Gasteiger partial charge in [-0.25, -0.2) is 9.97 Å². The molecule has 2 N–H and O–H groups in total. The van der Waals surface area contributed by atoms with Crippen molar-refractivity contribution in [3.8, 4) is 0 Å². The summed E-state index contributed by atoms with van der Waals surface area (Å²) >= 11 is 0. The summed E-state index contributed by atoms with van der Waals surface area (Å²) in [5, 5.41) is 0. The van der Waals surface area contributed by atoms with Crippen LogP contribution in [-0.2, 0) is 23.8 Å². The zero-order chi connectivity index (χ0) is 15.6. The Morgan fingerprint density at radius 1 is 1.29 bits per heavy atom. The molecule has 1 unspecified atom stereocenters. The summed E-state index contributed by atoms with van der Waals surface area (Å²) in [5.74, 6) is 2.27. The highest BCUT2D eigenvalue weighted by Crippen LogP contribution is 2.26. The van der Waals surface area contributed by atoms with Crippen LogP contribution in [0.5, 0.6) is 0 Å². The third-order valence-electron chi connectivity index (χ3n) is 3.76. The van der Waals surface area contributed by atoms with Crippen LogP contribution in [0.1, 0.15) is 36.8 Å². The predicted molar refractivity (Wildman–Crippen MR) is 89.0 cm³/mol. The Morgan fingerprint density at radius 3 is 2.62 bits per heavy atom. The van der Waals surface area contributed by atoms with Crippen LogP contribution in [0.15, 0.2) is 0 Å². The lowest BCUT2D eigenvalue weighted by atomic mass is 10.2. The number of rotatable bonds is 6. The van der Waals surface area contributed by atoms with E-state index in [-0.39, 0.29) is 0 Å². The second-order valence-electron chi connectivity index (χ2n) is 5.47. The van der Waals surface area contributed by atoms with Crippen molar-refractivity contribution in [2.45, 2.75) is 46.6 Å². The highest BCUT2D eigenvalue weighted by Gasteiger charge is 2.16. The van der Waals surface area contributed by atoms with E-state index in [1.807, 2.05) is 6.92 Å². The first kappa shape index (κ1) is 15.9. The Morgan fingerprint density at radius 2 is 2.00 bits per heavy atom. The van der Waals surface area contributed by atoms with Gasteiger partial charge in [-0.1, -0.05) is 6.92 Å². The smallest absolute Gasteiger partial charge is 0.151 e. The van der Waals surface area contributed by atoms with Crippen LogP contribution in [0.4, 0.5) is 5.82 Å². The normalized spacial score (nSPS) is 13.0. The van der Waals surface area contributed by atoms with E-state index in [0.29, 0.717) is 11.6 Å². The number of imidazole rings is 1. The van der Waals surface area contributed by atoms with Crippen molar-refractivity contribution in [2.24, 2.45) is 0 Å². The highest BCUT2D eigenvalue weighted by molar-refractivity contribution is 7.84. The molecule has 0 saturated heterocycles. The summed E-state index contributed by atoms with van der Waals surface area (Å²) in [6.45, 7) is 7.01. The molecule has 0 amide bonds. The molecule has 0 bridgehead atoms. The molecule has 116 valence electrons. The lowest BCUT2D eigenvalue weighted by Gasteiger charge is -2.11. The van der Waals surface area contributed by atoms with Crippen molar-refractivity contribution >= 4 is 27.7 Å². The molecule has 0 fully saturated rings. The van der Waals surface area contributed by atoms with Crippen LogP contribution >= 0.6 is 0 Å². The first-order valence-electron chi connectivity index (χ1n) is 7.37. The Hall–Kier alpha value is -1.43. The molecule has 1 atom stereocenters. The van der Waals surface area contributed by atoms with Crippen LogP contribution in [-0.4, -0.2) is 30.8 Å². The van der Waals surface area contributed by atoms with Gasteiger partial charge in [-0.3, -0.25) is 4.21 Å². The molecular weight excluding hydrogens is 284 g/mol. The zero-order valence-corrected chi connectivity index (χ0v) is 14.1. The van der Waals surface area contributed by atoms with Gasteiger partial charge >= 0.3 is 0 Å². The van der Waals surface area contributed by atoms with Gasteiger partial charge < -0.3 is 10.3 Å². The van der Waals surface area contributed by atoms with Crippen LogP contribution < -0.4 is 5.73 Å². The lowest BCUT2D eigenvalue weighted by molar-refractivity contribution is 0.639. The number of aromatic nitrogens is 3. The number of nitrogens with zero attached hydrogens (tertiary/aromatic N) is 3. The molecule has 0 aliphatic heterocycles. The van der Waals surface area contributed by atoms with Crippen LogP contribution in [0.25, 0.3) is 11.0 Å². The van der Waals surface area contributed by atoms with Crippen LogP contribution in [0.3, 0.4) is 0 Å². The van der Waals surface area contributed by atoms with E-state index in [9.17, 15) is 4.21 Å². The van der Waals surface area contributed by atoms with Gasteiger partial charge in [0.15, 0.2) is 5.82 Å². The molecule has 2 rings (SSSR count). The number of nitrogen functional groups attached to an aromatic ring is 1. The SMILES string of the molecule is CCCc1nc2c(N)nc(C)c(C)c2n1CCCS(C)=O. The summed E-state index contributed by atoms with van der Waals surface area (Å²) in [5.41, 5.74) is 10.0. The third kappa shape index (κ3) is 3.26. The van der Waals surface area contributed by atoms with E-state index in [1.165, 1.54) is 0 Å². The standard InChI is InChI=1S/C15H24N4OS/c1-5-7-12-18-13-14(10(2)11(3)17-15(13)16)19(12)8-6-9-21(4)20/h5-9H2,1-4H3,(H2,16,17). The van der Waals surface area contributed by atoms with Crippen molar-refractivity contribution in [3.63, 3.8) is 0 Å². The number of aryl methyl sites for hydroxylation is 4. The summed E-state index contributed by atoms with van der Waals surface area (Å²) in [7, 11) is -0.756. The van der Waals surface area contributed by atoms with E-state index in [1.54, 1.807) is 6.26 Å². The first-order valence-corrected chi connectivity index (χ1v) is 9.10. The van der Waals surface area contributed by atoms with E-state index in [0.717, 1.165) is 53.9 Å². The number of hydrogen-bond acceptors (Lipinski definition) is 4. The Bertz CT molecular complexity index is 678. The third-order valence-corrected chi connectivity index (χ3v) is 4.63. The molecule has 2 aromatic heterocycles. The molecule has 2 heterocycles. The molecule has 2 aromatic rings. The summed E-state index contributed by atoms with van der Waals surface area (Å²) < 4.78 is 13.5. The molecule has 0 saturated carbocycles. The molecule has 0 aromatic carbocycles. The van der Waals surface area contributed by atoms with Crippen molar-refractivity contribution in [2.75, 3.05) is 17.7 Å². The number of nitrogens with two attached hydrogens (primary N) is 1. The minimum atomic E-state index is -0.756. The Labute approximate surface area is 128 Å². The van der Waals surface area contributed by atoms with Gasteiger partial charge in [-0.2, -0.15) is 0 Å². The van der Waals surface area contributed by atoms with Crippen molar-refractivity contribution in [1.29, 1.82) is 0 Å². The van der Waals surface area contributed by atoms with Gasteiger partial charge in [0.25, 0.3) is 0 Å². The van der Waals surface area contributed by atoms with Crippen molar-refractivity contribution in [3.05, 3.63) is 17.1 Å². The number of hydrogen-bond donors (Lipinski definition) is 1. The maximum Gasteiger partial charge on any atom is 0.151 e. The molecule has 0 spiro atoms. The fourth-order valence-electron chi connectivity index (χ4n) is 2.63. The summed E-state index contributed by atoms with van der Waals surface area (Å²) in [6.07, 6.45) is 4.58. The van der Waals surface area contributed by atoms with E-state index < -0.39 is 10.8 Å². The van der Waals surface area contributed by atoms with Crippen molar-refractivity contribution in [1.82, 2.24) is 14.5 Å². The Balaban J connectivity index is 2.52. The molecule has 0 aliphatic rings. The predicted octanol–water partition coefficient (Wildman–Crippen LogP) is 2.35. The minimum absolute atomic E-state index is 0.503. The van der Waals surface area contributed by atoms with Gasteiger partial charge in [-0.15, -0.1) is 0 Å². The Kier molecular flexibility index (Phi) is 4.98. The zero-order valence-electron chi connectivity index (χ0n) is 13.3. The maximum absolute atomic E-state index is 11.3. The average molecular weight is 308 g/mol. The number of pyridine rings is 1. The number of anilines is 1. The largest absolute Gasteiger partial charge is 0.382 e. The van der Waals surface area contributed by atoms with Crippen LogP contribution in [0, 0.1) is 13.8 Å². The van der Waals surface area contributed by atoms with E-state index in [2.05, 4.69) is 23.4 Å². The second-order valence-corrected chi connectivity index (χ2v) is 7.02. The second kappa shape index (κ2) is 6.56. The van der Waals surface area contributed by atoms with Gasteiger partial charge in [-0.05, 0) is 32.3 Å². The van der Waals surface area contributed by atoms with Gasteiger partial charge in [0.2, 0.25) is 0 Å². The summed E-state index contributed by atoms with van der Waals surface area (Å²) in [4.78, 5) is 9.08. The molecular formula is C15H24N4OS. The number of fused-ring (bicyclic) bond motifs is 1. The van der Waals surface area contributed by atoms with Gasteiger partial charge in [0.05, 0.1) is 5.52 Å². The topological polar surface area (TPSA) is 73.8 Å². The lowest BCUT2D eigenvalue weighted by Crippen LogP contribution is -2.08. The van der Waals surface area contributed by atoms with E-state index in [4.69, 9.17) is 10.7 Å². The monoisotopic (exact) mass is 308 g/mol. The summed E-state index contributed by atoms with van der Waals surface area (Å²) in [6, 6.07) is 0. The fraction of sp³-hybridized carbons (Fsp3) is 0.600. The molecule has 21 heavy (non-hydrogen) atoms. The quantitative estimate of drug-likeness (QED) is 0.889. The van der Waals surface area contributed by atoms with Gasteiger partial charge in [0.1, 0.15) is 11.3 Å². The molecule has 0 aliphatic carbocycles.